The standard InChI is InChI=1S/C16H20O6/c17-9-12-8-11(15(19)21-10-18)6-7-14(12)16(20)22-13-4-2-1-3-5-13/h6-8,13,17-18H,1-5,9-10H2. The summed E-state index contributed by atoms with van der Waals surface area (Å²) in [6.07, 6.45) is 4.92. The van der Waals surface area contributed by atoms with E-state index in [4.69, 9.17) is 9.84 Å². The quantitative estimate of drug-likeness (QED) is 0.636. The molecule has 0 atom stereocenters. The number of aliphatic hydroxyl groups is 2. The number of hydrogen-bond donors (Lipinski definition) is 2. The zero-order valence-corrected chi connectivity index (χ0v) is 12.3. The Morgan fingerprint density at radius 1 is 1.09 bits per heavy atom. The lowest BCUT2D eigenvalue weighted by atomic mass is 9.97. The summed E-state index contributed by atoms with van der Waals surface area (Å²) < 4.78 is 9.93. The van der Waals surface area contributed by atoms with Gasteiger partial charge in [0.1, 0.15) is 6.10 Å². The van der Waals surface area contributed by atoms with E-state index >= 15 is 0 Å². The lowest BCUT2D eigenvalue weighted by Gasteiger charge is -2.22. The van der Waals surface area contributed by atoms with E-state index in [2.05, 4.69) is 4.74 Å². The number of ether oxygens (including phenoxy) is 2. The smallest absolute Gasteiger partial charge is 0.340 e. The molecule has 0 amide bonds. The van der Waals surface area contributed by atoms with Crippen LogP contribution in [-0.4, -0.2) is 35.0 Å². The summed E-state index contributed by atoms with van der Waals surface area (Å²) in [5, 5.41) is 18.0. The highest BCUT2D eigenvalue weighted by Crippen LogP contribution is 2.22. The van der Waals surface area contributed by atoms with Crippen molar-refractivity contribution in [3.8, 4) is 0 Å². The maximum Gasteiger partial charge on any atom is 0.340 e. The zero-order chi connectivity index (χ0) is 15.9. The lowest BCUT2D eigenvalue weighted by molar-refractivity contribution is 0.00664. The van der Waals surface area contributed by atoms with E-state index in [0.29, 0.717) is 5.56 Å². The minimum absolute atomic E-state index is 0.0770. The summed E-state index contributed by atoms with van der Waals surface area (Å²) >= 11 is 0. The maximum atomic E-state index is 12.2. The van der Waals surface area contributed by atoms with Crippen LogP contribution in [0.15, 0.2) is 18.2 Å². The van der Waals surface area contributed by atoms with Crippen LogP contribution in [0.4, 0.5) is 0 Å². The van der Waals surface area contributed by atoms with Gasteiger partial charge in [0.05, 0.1) is 17.7 Å². The predicted octanol–water partition coefficient (Wildman–Crippen LogP) is 1.77. The van der Waals surface area contributed by atoms with Crippen molar-refractivity contribution < 1.29 is 29.3 Å². The Bertz CT molecular complexity index is 533. The van der Waals surface area contributed by atoms with Gasteiger partial charge in [-0.15, -0.1) is 0 Å². The van der Waals surface area contributed by atoms with Crippen LogP contribution in [0.1, 0.15) is 58.4 Å². The second-order valence-electron chi connectivity index (χ2n) is 5.26. The fourth-order valence-electron chi connectivity index (χ4n) is 2.59. The highest BCUT2D eigenvalue weighted by molar-refractivity contribution is 5.94. The molecule has 0 saturated heterocycles. The molecule has 6 nitrogen and oxygen atoms in total. The van der Waals surface area contributed by atoms with Crippen molar-refractivity contribution in [1.29, 1.82) is 0 Å². The molecule has 0 radical (unpaired) electrons. The Morgan fingerprint density at radius 2 is 1.82 bits per heavy atom. The molecule has 120 valence electrons. The second kappa shape index (κ2) is 7.91. The third-order valence-electron chi connectivity index (χ3n) is 3.75. The van der Waals surface area contributed by atoms with Gasteiger partial charge in [0.25, 0.3) is 0 Å². The average Bonchev–Trinajstić information content (AvgIpc) is 2.55. The normalized spacial score (nSPS) is 15.4. The summed E-state index contributed by atoms with van der Waals surface area (Å²) in [7, 11) is 0. The van der Waals surface area contributed by atoms with Crippen molar-refractivity contribution in [3.05, 3.63) is 34.9 Å². The van der Waals surface area contributed by atoms with Crippen LogP contribution in [0.5, 0.6) is 0 Å². The van der Waals surface area contributed by atoms with Crippen LogP contribution in [0.2, 0.25) is 0 Å². The fourth-order valence-corrected chi connectivity index (χ4v) is 2.59. The van der Waals surface area contributed by atoms with Gasteiger partial charge in [-0.3, -0.25) is 0 Å². The van der Waals surface area contributed by atoms with Crippen LogP contribution in [0.25, 0.3) is 0 Å². The van der Waals surface area contributed by atoms with Crippen molar-refractivity contribution >= 4 is 11.9 Å². The van der Waals surface area contributed by atoms with Gasteiger partial charge < -0.3 is 19.7 Å². The first-order chi connectivity index (χ1) is 10.7. The predicted molar refractivity (Wildman–Crippen MR) is 77.2 cm³/mol. The molecule has 2 N–H and O–H groups in total. The van der Waals surface area contributed by atoms with Crippen molar-refractivity contribution in [2.75, 3.05) is 6.79 Å². The molecule has 22 heavy (non-hydrogen) atoms. The monoisotopic (exact) mass is 308 g/mol. The SMILES string of the molecule is O=C(OCO)c1ccc(C(=O)OC2CCCCC2)c(CO)c1. The molecule has 2 rings (SSSR count). The van der Waals surface area contributed by atoms with Gasteiger partial charge in [-0.25, -0.2) is 9.59 Å². The average molecular weight is 308 g/mol. The highest BCUT2D eigenvalue weighted by Gasteiger charge is 2.21. The molecule has 0 bridgehead atoms. The van der Waals surface area contributed by atoms with Gasteiger partial charge in [0, 0.05) is 0 Å². The molecule has 0 aromatic heterocycles. The van der Waals surface area contributed by atoms with Gasteiger partial charge >= 0.3 is 11.9 Å². The Labute approximate surface area is 128 Å². The Balaban J connectivity index is 2.12. The van der Waals surface area contributed by atoms with E-state index in [0.717, 1.165) is 32.1 Å². The van der Waals surface area contributed by atoms with E-state index in [1.165, 1.54) is 18.2 Å². The lowest BCUT2D eigenvalue weighted by Crippen LogP contribution is -2.22. The van der Waals surface area contributed by atoms with E-state index in [9.17, 15) is 14.7 Å². The van der Waals surface area contributed by atoms with Crippen LogP contribution in [-0.2, 0) is 16.1 Å². The summed E-state index contributed by atoms with van der Waals surface area (Å²) in [5.74, 6) is -1.21. The van der Waals surface area contributed by atoms with E-state index in [1.54, 1.807) is 0 Å². The topological polar surface area (TPSA) is 93.1 Å². The molecule has 0 heterocycles. The fraction of sp³-hybridized carbons (Fsp3) is 0.500. The number of esters is 2. The molecule has 0 unspecified atom stereocenters. The first-order valence-corrected chi connectivity index (χ1v) is 7.38. The number of hydrogen-bond acceptors (Lipinski definition) is 6. The van der Waals surface area contributed by atoms with Crippen molar-refractivity contribution in [2.45, 2.75) is 44.8 Å². The first kappa shape index (κ1) is 16.5. The number of aliphatic hydroxyl groups excluding tert-OH is 2. The van der Waals surface area contributed by atoms with Gasteiger partial charge in [-0.05, 0) is 49.4 Å². The molecule has 1 aliphatic carbocycles. The van der Waals surface area contributed by atoms with E-state index < -0.39 is 25.3 Å². The summed E-state index contributed by atoms with van der Waals surface area (Å²) in [5.41, 5.74) is 0.703. The molecular weight excluding hydrogens is 288 g/mol. The van der Waals surface area contributed by atoms with Crippen LogP contribution < -0.4 is 0 Å². The molecule has 0 spiro atoms. The van der Waals surface area contributed by atoms with Gasteiger partial charge in [0.15, 0.2) is 6.79 Å². The van der Waals surface area contributed by atoms with Crippen LogP contribution >= 0.6 is 0 Å². The summed E-state index contributed by atoms with van der Waals surface area (Å²) in [6.45, 7) is -1.12. The minimum atomic E-state index is -0.723. The second-order valence-corrected chi connectivity index (χ2v) is 5.26. The molecular formula is C16H20O6. The largest absolute Gasteiger partial charge is 0.459 e. The number of benzene rings is 1. The number of carbonyl (C=O) groups is 2. The number of carbonyl (C=O) groups excluding carboxylic acids is 2. The number of rotatable bonds is 5. The van der Waals surface area contributed by atoms with Gasteiger partial charge in [-0.2, -0.15) is 0 Å². The Kier molecular flexibility index (Phi) is 5.91. The van der Waals surface area contributed by atoms with Gasteiger partial charge in [-0.1, -0.05) is 6.42 Å². The molecule has 1 saturated carbocycles. The van der Waals surface area contributed by atoms with E-state index in [-0.39, 0.29) is 17.2 Å². The highest BCUT2D eigenvalue weighted by atomic mass is 16.6. The molecule has 1 aliphatic rings. The summed E-state index contributed by atoms with van der Waals surface area (Å²) in [6, 6.07) is 4.22. The molecule has 1 aromatic carbocycles. The van der Waals surface area contributed by atoms with Crippen molar-refractivity contribution in [3.63, 3.8) is 0 Å². The molecule has 1 aromatic rings. The third-order valence-corrected chi connectivity index (χ3v) is 3.75. The minimum Gasteiger partial charge on any atom is -0.459 e. The van der Waals surface area contributed by atoms with Gasteiger partial charge in [0.2, 0.25) is 0 Å². The van der Waals surface area contributed by atoms with E-state index in [1.807, 2.05) is 0 Å². The van der Waals surface area contributed by atoms with Crippen molar-refractivity contribution in [2.24, 2.45) is 0 Å². The van der Waals surface area contributed by atoms with Crippen molar-refractivity contribution in [1.82, 2.24) is 0 Å². The molecule has 1 fully saturated rings. The van der Waals surface area contributed by atoms with Crippen LogP contribution in [0.3, 0.4) is 0 Å². The Morgan fingerprint density at radius 3 is 2.45 bits per heavy atom. The zero-order valence-electron chi connectivity index (χ0n) is 12.3. The first-order valence-electron chi connectivity index (χ1n) is 7.38. The maximum absolute atomic E-state index is 12.2. The molecule has 6 heteroatoms. The Hall–Kier alpha value is -1.92. The van der Waals surface area contributed by atoms with Crippen LogP contribution in [0, 0.1) is 0 Å². The summed E-state index contributed by atoms with van der Waals surface area (Å²) in [4.78, 5) is 23.7. The molecule has 0 aliphatic heterocycles. The third kappa shape index (κ3) is 4.05.